The number of rotatable bonds is 3. The Balaban J connectivity index is 1.74. The summed E-state index contributed by atoms with van der Waals surface area (Å²) >= 11 is 3.28. The van der Waals surface area contributed by atoms with Gasteiger partial charge in [0.15, 0.2) is 0 Å². The lowest BCUT2D eigenvalue weighted by Crippen LogP contribution is -2.34. The van der Waals surface area contributed by atoms with Crippen LogP contribution in [0.25, 0.3) is 0 Å². The Labute approximate surface area is 130 Å². The molecule has 1 fully saturated rings. The van der Waals surface area contributed by atoms with Gasteiger partial charge in [-0.15, -0.1) is 0 Å². The summed E-state index contributed by atoms with van der Waals surface area (Å²) in [5.74, 6) is 1.29. The summed E-state index contributed by atoms with van der Waals surface area (Å²) in [5.41, 5.74) is 0.896. The smallest absolute Gasteiger partial charge is 0.250 e. The predicted octanol–water partition coefficient (Wildman–Crippen LogP) is 1.50. The van der Waals surface area contributed by atoms with E-state index < -0.39 is 0 Å². The van der Waals surface area contributed by atoms with E-state index in [0.29, 0.717) is 18.9 Å². The Bertz CT molecular complexity index is 668. The molecule has 0 aliphatic carbocycles. The van der Waals surface area contributed by atoms with E-state index in [0.717, 1.165) is 16.0 Å². The second-order valence-electron chi connectivity index (χ2n) is 4.97. The largest absolute Gasteiger partial charge is 0.342 e. The lowest BCUT2D eigenvalue weighted by Gasteiger charge is -2.16. The van der Waals surface area contributed by atoms with Crippen molar-refractivity contribution in [1.82, 2.24) is 19.7 Å². The zero-order valence-electron chi connectivity index (χ0n) is 11.7. The molecule has 1 atom stereocenters. The van der Waals surface area contributed by atoms with Gasteiger partial charge in [-0.25, -0.2) is 9.97 Å². The molecule has 0 aromatic carbocycles. The molecule has 1 N–H and O–H groups in total. The number of hydrogen-bond acceptors (Lipinski definition) is 5. The highest BCUT2D eigenvalue weighted by atomic mass is 79.9. The van der Waals surface area contributed by atoms with Crippen LogP contribution in [0, 0.1) is 6.92 Å². The summed E-state index contributed by atoms with van der Waals surface area (Å²) in [4.78, 5) is 22.5. The van der Waals surface area contributed by atoms with E-state index in [2.05, 4.69) is 36.3 Å². The lowest BCUT2D eigenvalue weighted by atomic mass is 10.2. The first-order valence-corrected chi connectivity index (χ1v) is 7.40. The molecule has 1 aliphatic rings. The minimum absolute atomic E-state index is 0.0181. The normalized spacial score (nSPS) is 18.3. The molecule has 1 amide bonds. The second kappa shape index (κ2) is 5.44. The van der Waals surface area contributed by atoms with Crippen molar-refractivity contribution in [1.29, 1.82) is 0 Å². The van der Waals surface area contributed by atoms with E-state index in [9.17, 15) is 4.79 Å². The van der Waals surface area contributed by atoms with Gasteiger partial charge in [0, 0.05) is 32.1 Å². The first-order chi connectivity index (χ1) is 10.0. The summed E-state index contributed by atoms with van der Waals surface area (Å²) < 4.78 is 2.53. The van der Waals surface area contributed by atoms with Gasteiger partial charge in [-0.05, 0) is 29.3 Å². The maximum atomic E-state index is 12.5. The van der Waals surface area contributed by atoms with Gasteiger partial charge in [-0.2, -0.15) is 5.10 Å². The highest BCUT2D eigenvalue weighted by Crippen LogP contribution is 2.23. The second-order valence-corrected chi connectivity index (χ2v) is 5.88. The fraction of sp³-hybridized carbons (Fsp3) is 0.385. The molecule has 1 unspecified atom stereocenters. The molecule has 1 aliphatic heterocycles. The van der Waals surface area contributed by atoms with Crippen LogP contribution >= 0.6 is 15.9 Å². The Hall–Kier alpha value is -1.96. The maximum absolute atomic E-state index is 12.5. The molecule has 110 valence electrons. The van der Waals surface area contributed by atoms with Crippen LogP contribution in [0.3, 0.4) is 0 Å². The highest BCUT2D eigenvalue weighted by molar-refractivity contribution is 9.10. The highest BCUT2D eigenvalue weighted by Gasteiger charge is 2.34. The summed E-state index contributed by atoms with van der Waals surface area (Å²) in [6.45, 7) is 2.57. The predicted molar refractivity (Wildman–Crippen MR) is 82.1 cm³/mol. The maximum Gasteiger partial charge on any atom is 0.250 e. The third-order valence-corrected chi connectivity index (χ3v) is 3.79. The van der Waals surface area contributed by atoms with Gasteiger partial charge in [0.1, 0.15) is 11.9 Å². The van der Waals surface area contributed by atoms with Gasteiger partial charge in [0.25, 0.3) is 5.91 Å². The number of nitrogens with one attached hydrogen (secondary N) is 1. The number of aryl methyl sites for hydroxylation is 2. The van der Waals surface area contributed by atoms with E-state index >= 15 is 0 Å². The van der Waals surface area contributed by atoms with Crippen LogP contribution in [0.15, 0.2) is 22.9 Å². The third-order valence-electron chi connectivity index (χ3n) is 3.38. The van der Waals surface area contributed by atoms with Crippen molar-refractivity contribution < 1.29 is 4.79 Å². The van der Waals surface area contributed by atoms with Gasteiger partial charge >= 0.3 is 0 Å². The number of halogens is 1. The lowest BCUT2D eigenvalue weighted by molar-refractivity contribution is -0.117. The fourth-order valence-corrected chi connectivity index (χ4v) is 2.64. The minimum Gasteiger partial charge on any atom is -0.342 e. The van der Waals surface area contributed by atoms with E-state index in [1.807, 2.05) is 20.0 Å². The average molecular weight is 351 g/mol. The van der Waals surface area contributed by atoms with E-state index in [1.165, 1.54) is 0 Å². The number of anilines is 2. The Morgan fingerprint density at radius 2 is 2.10 bits per heavy atom. The Morgan fingerprint density at radius 1 is 1.38 bits per heavy atom. The molecule has 0 bridgehead atoms. The van der Waals surface area contributed by atoms with Crippen molar-refractivity contribution in [3.63, 3.8) is 0 Å². The minimum atomic E-state index is -0.304. The van der Waals surface area contributed by atoms with Crippen LogP contribution in [-0.2, 0) is 11.8 Å². The molecule has 21 heavy (non-hydrogen) atoms. The van der Waals surface area contributed by atoms with Gasteiger partial charge in [-0.1, -0.05) is 0 Å². The summed E-state index contributed by atoms with van der Waals surface area (Å²) in [5, 5.41) is 7.36. The molecule has 7 nitrogen and oxygen atoms in total. The van der Waals surface area contributed by atoms with E-state index in [4.69, 9.17) is 0 Å². The van der Waals surface area contributed by atoms with Crippen molar-refractivity contribution in [2.75, 3.05) is 16.8 Å². The van der Waals surface area contributed by atoms with Crippen molar-refractivity contribution in [3.05, 3.63) is 28.6 Å². The zero-order chi connectivity index (χ0) is 15.0. The Kier molecular flexibility index (Phi) is 3.62. The standard InChI is InChI=1S/C13H15BrN6O/c1-8-5-11(19(2)18-8)20-4-3-10(12(20)21)17-13-15-6-9(14)7-16-13/h5-7,10H,3-4H2,1-2H3,(H,15,16,17). The molecule has 8 heteroatoms. The van der Waals surface area contributed by atoms with Crippen LogP contribution in [0.1, 0.15) is 12.1 Å². The van der Waals surface area contributed by atoms with Gasteiger partial charge < -0.3 is 5.32 Å². The summed E-state index contributed by atoms with van der Waals surface area (Å²) in [7, 11) is 1.84. The van der Waals surface area contributed by atoms with Crippen molar-refractivity contribution in [2.45, 2.75) is 19.4 Å². The van der Waals surface area contributed by atoms with Crippen LogP contribution in [0.2, 0.25) is 0 Å². The number of carbonyl (C=O) groups excluding carboxylic acids is 1. The molecule has 2 aromatic heterocycles. The molecule has 0 radical (unpaired) electrons. The summed E-state index contributed by atoms with van der Waals surface area (Å²) in [6, 6.07) is 1.61. The number of aromatic nitrogens is 4. The number of amides is 1. The molecule has 3 heterocycles. The SMILES string of the molecule is Cc1cc(N2CCC(Nc3ncc(Br)cn3)C2=O)n(C)n1. The quantitative estimate of drug-likeness (QED) is 0.907. The number of hydrogen-bond donors (Lipinski definition) is 1. The van der Waals surface area contributed by atoms with Crippen LogP contribution in [0.5, 0.6) is 0 Å². The van der Waals surface area contributed by atoms with Crippen LogP contribution < -0.4 is 10.2 Å². The number of nitrogens with zero attached hydrogens (tertiary/aromatic N) is 5. The first kappa shape index (κ1) is 14.0. The third kappa shape index (κ3) is 2.76. The van der Waals surface area contributed by atoms with E-state index in [1.54, 1.807) is 22.0 Å². The van der Waals surface area contributed by atoms with Gasteiger partial charge in [-0.3, -0.25) is 14.4 Å². The average Bonchev–Trinajstić information content (AvgIpc) is 2.96. The molecular formula is C13H15BrN6O. The van der Waals surface area contributed by atoms with Crippen LogP contribution in [0.4, 0.5) is 11.8 Å². The monoisotopic (exact) mass is 350 g/mol. The van der Waals surface area contributed by atoms with Gasteiger partial charge in [0.05, 0.1) is 10.2 Å². The molecule has 0 saturated carbocycles. The summed E-state index contributed by atoms with van der Waals surface area (Å²) in [6.07, 6.45) is 4.01. The molecule has 2 aromatic rings. The topological polar surface area (TPSA) is 75.9 Å². The molecule has 1 saturated heterocycles. The van der Waals surface area contributed by atoms with Crippen molar-refractivity contribution in [3.8, 4) is 0 Å². The molecule has 3 rings (SSSR count). The molecule has 0 spiro atoms. The number of carbonyl (C=O) groups is 1. The Morgan fingerprint density at radius 3 is 2.71 bits per heavy atom. The van der Waals surface area contributed by atoms with Gasteiger partial charge in [0.2, 0.25) is 5.95 Å². The van der Waals surface area contributed by atoms with Crippen molar-refractivity contribution >= 4 is 33.6 Å². The fourth-order valence-electron chi connectivity index (χ4n) is 2.43. The van der Waals surface area contributed by atoms with E-state index in [-0.39, 0.29) is 11.9 Å². The first-order valence-electron chi connectivity index (χ1n) is 6.60. The molecular weight excluding hydrogens is 336 g/mol. The van der Waals surface area contributed by atoms with Crippen molar-refractivity contribution in [2.24, 2.45) is 7.05 Å². The zero-order valence-corrected chi connectivity index (χ0v) is 13.3. The van der Waals surface area contributed by atoms with Crippen LogP contribution in [-0.4, -0.2) is 38.2 Å².